The van der Waals surface area contributed by atoms with Crippen LogP contribution in [-0.2, 0) is 0 Å². The number of benzene rings is 1. The molecule has 0 radical (unpaired) electrons. The highest BCUT2D eigenvalue weighted by Gasteiger charge is 2.47. The van der Waals surface area contributed by atoms with Crippen molar-refractivity contribution in [2.45, 2.75) is 43.8 Å². The predicted octanol–water partition coefficient (Wildman–Crippen LogP) is 3.27. The quantitative estimate of drug-likeness (QED) is 0.920. The molecule has 1 saturated carbocycles. The van der Waals surface area contributed by atoms with Crippen LogP contribution in [0.1, 0.15) is 26.2 Å². The molecule has 2 fully saturated rings. The van der Waals surface area contributed by atoms with E-state index in [0.717, 1.165) is 18.7 Å². The molecular formula is C15H18ClN3. The molecule has 1 aliphatic carbocycles. The molecule has 1 aromatic rings. The Morgan fingerprint density at radius 3 is 2.89 bits per heavy atom. The highest BCUT2D eigenvalue weighted by molar-refractivity contribution is 6.30. The van der Waals surface area contributed by atoms with Gasteiger partial charge in [-0.3, -0.25) is 4.90 Å². The summed E-state index contributed by atoms with van der Waals surface area (Å²) in [5.41, 5.74) is 0.450. The van der Waals surface area contributed by atoms with Crippen molar-refractivity contribution in [2.24, 2.45) is 0 Å². The molecule has 0 aromatic heterocycles. The monoisotopic (exact) mass is 275 g/mol. The van der Waals surface area contributed by atoms with E-state index in [4.69, 9.17) is 11.6 Å². The third kappa shape index (κ3) is 2.56. The van der Waals surface area contributed by atoms with Gasteiger partial charge in [0.2, 0.25) is 0 Å². The summed E-state index contributed by atoms with van der Waals surface area (Å²) in [5, 5.41) is 13.7. The summed E-state index contributed by atoms with van der Waals surface area (Å²) >= 11 is 6.00. The molecule has 0 amide bonds. The fourth-order valence-corrected chi connectivity index (χ4v) is 3.28. The van der Waals surface area contributed by atoms with E-state index in [1.165, 1.54) is 12.8 Å². The number of hydrogen-bond acceptors (Lipinski definition) is 3. The second-order valence-corrected chi connectivity index (χ2v) is 6.22. The van der Waals surface area contributed by atoms with Gasteiger partial charge in [0.25, 0.3) is 0 Å². The SMILES string of the molecule is CC1CC(C#N)(Nc2cccc(Cl)c2)CN1C1CC1. The molecule has 1 aromatic carbocycles. The molecule has 0 bridgehead atoms. The Morgan fingerprint density at radius 2 is 2.26 bits per heavy atom. The number of halogens is 1. The summed E-state index contributed by atoms with van der Waals surface area (Å²) in [6, 6.07) is 11.3. The van der Waals surface area contributed by atoms with E-state index in [1.807, 2.05) is 24.3 Å². The van der Waals surface area contributed by atoms with Crippen LogP contribution in [0.2, 0.25) is 5.02 Å². The first-order valence-corrected chi connectivity index (χ1v) is 7.20. The summed E-state index contributed by atoms with van der Waals surface area (Å²) < 4.78 is 0. The highest BCUT2D eigenvalue weighted by Crippen LogP contribution is 2.38. The minimum atomic E-state index is -0.479. The Hall–Kier alpha value is -1.24. The van der Waals surface area contributed by atoms with Gasteiger partial charge >= 0.3 is 0 Å². The van der Waals surface area contributed by atoms with Crippen LogP contribution in [-0.4, -0.2) is 29.1 Å². The second kappa shape index (κ2) is 4.70. The number of anilines is 1. The zero-order valence-electron chi connectivity index (χ0n) is 11.1. The fourth-order valence-electron chi connectivity index (χ4n) is 3.09. The van der Waals surface area contributed by atoms with E-state index >= 15 is 0 Å². The van der Waals surface area contributed by atoms with Crippen molar-refractivity contribution in [2.75, 3.05) is 11.9 Å². The minimum absolute atomic E-state index is 0.471. The maximum atomic E-state index is 9.61. The fraction of sp³-hybridized carbons (Fsp3) is 0.533. The summed E-state index contributed by atoms with van der Waals surface area (Å²) in [5.74, 6) is 0. The van der Waals surface area contributed by atoms with Gasteiger partial charge < -0.3 is 5.32 Å². The largest absolute Gasteiger partial charge is 0.366 e. The van der Waals surface area contributed by atoms with E-state index in [-0.39, 0.29) is 0 Å². The number of likely N-dealkylation sites (tertiary alicyclic amines) is 1. The van der Waals surface area contributed by atoms with Gasteiger partial charge in [0, 0.05) is 35.8 Å². The van der Waals surface area contributed by atoms with Crippen molar-refractivity contribution >= 4 is 17.3 Å². The van der Waals surface area contributed by atoms with E-state index in [1.54, 1.807) is 0 Å². The molecule has 1 heterocycles. The minimum Gasteiger partial charge on any atom is -0.366 e. The Kier molecular flexibility index (Phi) is 3.16. The topological polar surface area (TPSA) is 39.1 Å². The lowest BCUT2D eigenvalue weighted by molar-refractivity contribution is 0.255. The number of nitrogens with one attached hydrogen (secondary N) is 1. The van der Waals surface area contributed by atoms with E-state index in [2.05, 4.69) is 23.2 Å². The molecule has 1 aliphatic heterocycles. The maximum Gasteiger partial charge on any atom is 0.139 e. The van der Waals surface area contributed by atoms with Crippen LogP contribution >= 0.6 is 11.6 Å². The zero-order chi connectivity index (χ0) is 13.5. The van der Waals surface area contributed by atoms with Gasteiger partial charge in [0.15, 0.2) is 0 Å². The summed E-state index contributed by atoms with van der Waals surface area (Å²) in [7, 11) is 0. The van der Waals surface area contributed by atoms with Crippen molar-refractivity contribution < 1.29 is 0 Å². The lowest BCUT2D eigenvalue weighted by Crippen LogP contribution is -2.40. The third-order valence-electron chi connectivity index (χ3n) is 4.10. The Morgan fingerprint density at radius 1 is 1.47 bits per heavy atom. The summed E-state index contributed by atoms with van der Waals surface area (Å²) in [6.07, 6.45) is 3.43. The zero-order valence-corrected chi connectivity index (χ0v) is 11.8. The van der Waals surface area contributed by atoms with Crippen molar-refractivity contribution in [3.05, 3.63) is 29.3 Å². The van der Waals surface area contributed by atoms with Crippen LogP contribution in [0, 0.1) is 11.3 Å². The average Bonchev–Trinajstić information content (AvgIpc) is 3.15. The van der Waals surface area contributed by atoms with Gasteiger partial charge in [-0.15, -0.1) is 0 Å². The van der Waals surface area contributed by atoms with Gasteiger partial charge in [-0.25, -0.2) is 0 Å². The van der Waals surface area contributed by atoms with Gasteiger partial charge in [0.05, 0.1) is 6.07 Å². The summed E-state index contributed by atoms with van der Waals surface area (Å²) in [4.78, 5) is 2.47. The molecule has 4 heteroatoms. The molecule has 2 unspecified atom stereocenters. The summed E-state index contributed by atoms with van der Waals surface area (Å²) in [6.45, 7) is 3.03. The van der Waals surface area contributed by atoms with Crippen LogP contribution in [0.25, 0.3) is 0 Å². The van der Waals surface area contributed by atoms with Crippen molar-refractivity contribution in [3.8, 4) is 6.07 Å². The van der Waals surface area contributed by atoms with Crippen molar-refractivity contribution in [1.82, 2.24) is 4.90 Å². The Labute approximate surface area is 119 Å². The van der Waals surface area contributed by atoms with Crippen LogP contribution in [0.5, 0.6) is 0 Å². The molecular weight excluding hydrogens is 258 g/mol. The van der Waals surface area contributed by atoms with Crippen LogP contribution in [0.15, 0.2) is 24.3 Å². The second-order valence-electron chi connectivity index (χ2n) is 5.79. The molecule has 3 nitrogen and oxygen atoms in total. The molecule has 2 aliphatic rings. The molecule has 3 rings (SSSR count). The molecule has 1 N–H and O–H groups in total. The highest BCUT2D eigenvalue weighted by atomic mass is 35.5. The number of nitriles is 1. The van der Waals surface area contributed by atoms with E-state index < -0.39 is 5.54 Å². The van der Waals surface area contributed by atoms with E-state index in [9.17, 15) is 5.26 Å². The first-order chi connectivity index (χ1) is 9.12. The molecule has 19 heavy (non-hydrogen) atoms. The lowest BCUT2D eigenvalue weighted by Gasteiger charge is -2.24. The van der Waals surface area contributed by atoms with Crippen LogP contribution < -0.4 is 5.32 Å². The maximum absolute atomic E-state index is 9.61. The molecule has 1 saturated heterocycles. The average molecular weight is 276 g/mol. The molecule has 2 atom stereocenters. The van der Waals surface area contributed by atoms with E-state index in [0.29, 0.717) is 17.1 Å². The Bertz CT molecular complexity index is 520. The first-order valence-electron chi connectivity index (χ1n) is 6.83. The number of hydrogen-bond donors (Lipinski definition) is 1. The number of nitrogens with zero attached hydrogens (tertiary/aromatic N) is 2. The predicted molar refractivity (Wildman–Crippen MR) is 77.2 cm³/mol. The first kappa shape index (κ1) is 12.8. The van der Waals surface area contributed by atoms with Crippen LogP contribution in [0.4, 0.5) is 5.69 Å². The van der Waals surface area contributed by atoms with Crippen molar-refractivity contribution in [1.29, 1.82) is 5.26 Å². The van der Waals surface area contributed by atoms with Gasteiger partial charge in [-0.05, 0) is 38.0 Å². The van der Waals surface area contributed by atoms with Crippen LogP contribution in [0.3, 0.4) is 0 Å². The van der Waals surface area contributed by atoms with Gasteiger partial charge in [0.1, 0.15) is 5.54 Å². The Balaban J connectivity index is 1.79. The molecule has 0 spiro atoms. The van der Waals surface area contributed by atoms with Gasteiger partial charge in [-0.1, -0.05) is 17.7 Å². The third-order valence-corrected chi connectivity index (χ3v) is 4.34. The van der Waals surface area contributed by atoms with Gasteiger partial charge in [-0.2, -0.15) is 5.26 Å². The number of rotatable bonds is 3. The molecule has 100 valence electrons. The smallest absolute Gasteiger partial charge is 0.139 e. The lowest BCUT2D eigenvalue weighted by atomic mass is 9.98. The standard InChI is InChI=1S/C15H18ClN3/c1-11-8-15(9-17,10-19(11)14-5-6-14)18-13-4-2-3-12(16)7-13/h2-4,7,11,14,18H,5-6,8,10H2,1H3. The van der Waals surface area contributed by atoms with Crippen molar-refractivity contribution in [3.63, 3.8) is 0 Å². The normalized spacial score (nSPS) is 31.1.